The number of esters is 1. The molecule has 0 radical (unpaired) electrons. The molecule has 0 saturated heterocycles. The van der Waals surface area contributed by atoms with Gasteiger partial charge in [-0.2, -0.15) is 5.26 Å². The van der Waals surface area contributed by atoms with E-state index in [2.05, 4.69) is 28.9 Å². The number of nitriles is 1. The Balaban J connectivity index is 1.48. The highest BCUT2D eigenvalue weighted by molar-refractivity contribution is 9.10. The molecular weight excluding hydrogens is 548 g/mol. The van der Waals surface area contributed by atoms with Crippen LogP contribution in [-0.2, 0) is 0 Å². The number of furan rings is 1. The van der Waals surface area contributed by atoms with Gasteiger partial charge in [0, 0.05) is 32.6 Å². The Kier molecular flexibility index (Phi) is 7.12. The summed E-state index contributed by atoms with van der Waals surface area (Å²) in [6.45, 7) is 4.48. The van der Waals surface area contributed by atoms with Crippen molar-refractivity contribution in [2.75, 3.05) is 6.61 Å². The van der Waals surface area contributed by atoms with Crippen molar-refractivity contribution in [2.24, 2.45) is 5.73 Å². The van der Waals surface area contributed by atoms with E-state index in [4.69, 9.17) is 24.4 Å². The minimum absolute atomic E-state index is 0.00413. The highest BCUT2D eigenvalue weighted by atomic mass is 79.9. The molecule has 1 aromatic heterocycles. The molecule has 4 aromatic rings. The molecule has 0 bridgehead atoms. The van der Waals surface area contributed by atoms with Gasteiger partial charge in [0.15, 0.2) is 0 Å². The molecule has 0 aliphatic carbocycles. The van der Waals surface area contributed by atoms with Gasteiger partial charge in [0.25, 0.3) is 0 Å². The fraction of sp³-hybridized carbons (Fsp3) is 0.200. The smallest absolute Gasteiger partial charge is 0.379 e. The quantitative estimate of drug-likeness (QED) is 0.143. The fourth-order valence-electron chi connectivity index (χ4n) is 4.54. The number of carbonyl (C=O) groups excluding carboxylic acids is 1. The molecule has 1 aliphatic heterocycles. The molecule has 192 valence electrons. The Morgan fingerprint density at radius 2 is 1.95 bits per heavy atom. The number of para-hydroxylation sites is 1. The first-order chi connectivity index (χ1) is 18.4. The van der Waals surface area contributed by atoms with Gasteiger partial charge >= 0.3 is 5.97 Å². The summed E-state index contributed by atoms with van der Waals surface area (Å²) in [6, 6.07) is 20.4. The Hall–Kier alpha value is -4.22. The molecule has 0 saturated carbocycles. The van der Waals surface area contributed by atoms with E-state index in [0.717, 1.165) is 28.3 Å². The van der Waals surface area contributed by atoms with Crippen molar-refractivity contribution in [1.82, 2.24) is 0 Å². The molecule has 1 atom stereocenters. The lowest BCUT2D eigenvalue weighted by molar-refractivity contribution is 0.0702. The van der Waals surface area contributed by atoms with Gasteiger partial charge in [-0.05, 0) is 43.7 Å². The molecular formula is C30H25BrN2O5. The summed E-state index contributed by atoms with van der Waals surface area (Å²) in [5.41, 5.74) is 9.28. The third-order valence-electron chi connectivity index (χ3n) is 6.47. The molecule has 2 N–H and O–H groups in total. The van der Waals surface area contributed by atoms with Gasteiger partial charge in [0.2, 0.25) is 11.6 Å². The van der Waals surface area contributed by atoms with Crippen LogP contribution in [0.25, 0.3) is 11.0 Å². The summed E-state index contributed by atoms with van der Waals surface area (Å²) in [5.74, 6) is 0.330. The van der Waals surface area contributed by atoms with E-state index in [1.54, 1.807) is 24.3 Å². The molecule has 1 unspecified atom stereocenters. The number of halogens is 1. The molecule has 0 fully saturated rings. The van der Waals surface area contributed by atoms with Crippen LogP contribution < -0.4 is 19.9 Å². The molecule has 2 heterocycles. The second-order valence-corrected chi connectivity index (χ2v) is 9.87. The van der Waals surface area contributed by atoms with Gasteiger partial charge in [0.05, 0.1) is 12.5 Å². The van der Waals surface area contributed by atoms with Gasteiger partial charge in [-0.25, -0.2) is 4.79 Å². The van der Waals surface area contributed by atoms with E-state index in [1.165, 1.54) is 0 Å². The van der Waals surface area contributed by atoms with Crippen LogP contribution in [0.3, 0.4) is 0 Å². The highest BCUT2D eigenvalue weighted by Gasteiger charge is 2.33. The average molecular weight is 573 g/mol. The molecule has 8 heteroatoms. The first-order valence-electron chi connectivity index (χ1n) is 12.2. The maximum absolute atomic E-state index is 13.0. The second kappa shape index (κ2) is 10.6. The monoisotopic (exact) mass is 572 g/mol. The zero-order valence-corrected chi connectivity index (χ0v) is 22.5. The Morgan fingerprint density at radius 1 is 1.13 bits per heavy atom. The van der Waals surface area contributed by atoms with E-state index >= 15 is 0 Å². The summed E-state index contributed by atoms with van der Waals surface area (Å²) >= 11 is 3.42. The van der Waals surface area contributed by atoms with E-state index in [9.17, 15) is 10.1 Å². The summed E-state index contributed by atoms with van der Waals surface area (Å²) in [7, 11) is 0. The molecule has 3 aromatic carbocycles. The van der Waals surface area contributed by atoms with E-state index in [-0.39, 0.29) is 23.0 Å². The Bertz CT molecular complexity index is 1610. The van der Waals surface area contributed by atoms with Crippen LogP contribution in [0.4, 0.5) is 0 Å². The van der Waals surface area contributed by atoms with E-state index in [0.29, 0.717) is 34.8 Å². The lowest BCUT2D eigenvalue weighted by atomic mass is 9.83. The van der Waals surface area contributed by atoms with Crippen LogP contribution in [0.1, 0.15) is 52.9 Å². The third-order valence-corrected chi connectivity index (χ3v) is 6.97. The molecule has 0 amide bonds. The number of hydrogen-bond acceptors (Lipinski definition) is 7. The predicted octanol–water partition coefficient (Wildman–Crippen LogP) is 7.12. The Morgan fingerprint density at radius 3 is 2.74 bits per heavy atom. The normalized spacial score (nSPS) is 14.5. The van der Waals surface area contributed by atoms with Gasteiger partial charge in [-0.1, -0.05) is 53.5 Å². The van der Waals surface area contributed by atoms with Crippen LogP contribution in [0, 0.1) is 18.3 Å². The number of carbonyl (C=O) groups is 1. The summed E-state index contributed by atoms with van der Waals surface area (Å²) < 4.78 is 24.1. The molecule has 7 nitrogen and oxygen atoms in total. The molecule has 5 rings (SSSR count). The van der Waals surface area contributed by atoms with Gasteiger partial charge < -0.3 is 24.4 Å². The number of allylic oxidation sites excluding steroid dienone is 1. The first-order valence-corrected chi connectivity index (χ1v) is 13.0. The van der Waals surface area contributed by atoms with Crippen LogP contribution in [0.15, 0.2) is 81.0 Å². The average Bonchev–Trinajstić information content (AvgIpc) is 3.23. The lowest BCUT2D eigenvalue weighted by Gasteiger charge is -2.28. The number of fused-ring (bicyclic) bond motifs is 2. The van der Waals surface area contributed by atoms with Crippen molar-refractivity contribution >= 4 is 32.9 Å². The second-order valence-electron chi connectivity index (χ2n) is 8.95. The summed E-state index contributed by atoms with van der Waals surface area (Å²) in [5, 5.41) is 10.8. The van der Waals surface area contributed by atoms with Crippen molar-refractivity contribution in [2.45, 2.75) is 32.6 Å². The number of nitrogens with zero attached hydrogens (tertiary/aromatic N) is 1. The number of ether oxygens (including phenoxy) is 3. The minimum atomic E-state index is -0.627. The number of hydrogen-bond donors (Lipinski definition) is 1. The van der Waals surface area contributed by atoms with Gasteiger partial charge in [0.1, 0.15) is 34.5 Å². The summed E-state index contributed by atoms with van der Waals surface area (Å²) in [4.78, 5) is 13.0. The van der Waals surface area contributed by atoms with Crippen LogP contribution in [0.5, 0.6) is 17.2 Å². The largest absolute Gasteiger partial charge is 0.493 e. The zero-order valence-electron chi connectivity index (χ0n) is 20.9. The number of nitrogens with two attached hydrogens (primary N) is 1. The predicted molar refractivity (Wildman–Crippen MR) is 146 cm³/mol. The SMILES string of the molecule is CCCCOc1ccccc1C1C(C#N)=C(N)Oc2cc(OC(=O)c3oc4cc(Br)ccc4c3C)ccc21. The lowest BCUT2D eigenvalue weighted by Crippen LogP contribution is -2.21. The molecule has 1 aliphatic rings. The van der Waals surface area contributed by atoms with Crippen LogP contribution in [-0.4, -0.2) is 12.6 Å². The minimum Gasteiger partial charge on any atom is -0.493 e. The molecule has 0 spiro atoms. The van der Waals surface area contributed by atoms with Crippen molar-refractivity contribution < 1.29 is 23.4 Å². The number of benzene rings is 3. The number of rotatable bonds is 7. The standard InChI is InChI=1S/C30H25BrN2O5/c1-3-4-13-35-24-8-6-5-7-21(24)27-22-12-10-19(15-26(22)38-29(33)23(27)16-32)36-30(34)28-17(2)20-11-9-18(31)14-25(20)37-28/h5-12,14-15,27H,3-4,13,33H2,1-2H3. The first kappa shape index (κ1) is 25.4. The maximum atomic E-state index is 13.0. The number of aryl methyl sites for hydroxylation is 1. The van der Waals surface area contributed by atoms with Crippen molar-refractivity contribution in [3.8, 4) is 23.3 Å². The van der Waals surface area contributed by atoms with Crippen LogP contribution >= 0.6 is 15.9 Å². The van der Waals surface area contributed by atoms with Gasteiger partial charge in [-0.15, -0.1) is 0 Å². The maximum Gasteiger partial charge on any atom is 0.379 e. The third kappa shape index (κ3) is 4.73. The van der Waals surface area contributed by atoms with Crippen molar-refractivity contribution in [3.05, 3.63) is 99.0 Å². The van der Waals surface area contributed by atoms with E-state index < -0.39 is 11.9 Å². The number of unbranched alkanes of at least 4 members (excludes halogenated alkanes) is 1. The zero-order chi connectivity index (χ0) is 26.8. The molecule has 38 heavy (non-hydrogen) atoms. The van der Waals surface area contributed by atoms with Crippen molar-refractivity contribution in [1.29, 1.82) is 5.26 Å². The van der Waals surface area contributed by atoms with E-state index in [1.807, 2.05) is 43.3 Å². The highest BCUT2D eigenvalue weighted by Crippen LogP contribution is 2.46. The Labute approximate surface area is 228 Å². The van der Waals surface area contributed by atoms with Crippen LogP contribution in [0.2, 0.25) is 0 Å². The summed E-state index contributed by atoms with van der Waals surface area (Å²) in [6.07, 6.45) is 1.92. The fourth-order valence-corrected chi connectivity index (χ4v) is 4.88. The van der Waals surface area contributed by atoms with Crippen molar-refractivity contribution in [3.63, 3.8) is 0 Å². The van der Waals surface area contributed by atoms with Gasteiger partial charge in [-0.3, -0.25) is 0 Å². The topological polar surface area (TPSA) is 108 Å².